The lowest BCUT2D eigenvalue weighted by atomic mass is 9.92. The highest BCUT2D eigenvalue weighted by Gasteiger charge is 2.23. The van der Waals surface area contributed by atoms with Crippen molar-refractivity contribution in [2.45, 2.75) is 52.9 Å². The van der Waals surface area contributed by atoms with Crippen LogP contribution in [-0.4, -0.2) is 58.7 Å². The predicted molar refractivity (Wildman–Crippen MR) is 121 cm³/mol. The number of carbonyl (C=O) groups is 2. The fourth-order valence-electron chi connectivity index (χ4n) is 3.05. The first-order chi connectivity index (χ1) is 14.0. The summed E-state index contributed by atoms with van der Waals surface area (Å²) >= 11 is 0. The van der Waals surface area contributed by atoms with Crippen molar-refractivity contribution >= 4 is 17.8 Å². The number of nitrogens with one attached hydrogen (secondary N) is 1. The molecule has 0 fully saturated rings. The van der Waals surface area contributed by atoms with E-state index in [1.807, 2.05) is 37.3 Å². The van der Waals surface area contributed by atoms with Crippen molar-refractivity contribution in [3.05, 3.63) is 41.6 Å². The number of benzene rings is 1. The SMILES string of the molecule is CCCCN(CC(=O)Nc1cc(C(C)(C)C)nn1-c1ccccc1C)C(=O)N(C)C. The van der Waals surface area contributed by atoms with Gasteiger partial charge in [-0.05, 0) is 25.0 Å². The van der Waals surface area contributed by atoms with Crippen molar-refractivity contribution in [3.63, 3.8) is 0 Å². The highest BCUT2D eigenvalue weighted by atomic mass is 16.2. The number of aromatic nitrogens is 2. The minimum absolute atomic E-state index is 0.000810. The summed E-state index contributed by atoms with van der Waals surface area (Å²) in [6, 6.07) is 9.67. The molecule has 0 radical (unpaired) electrons. The Labute approximate surface area is 180 Å². The van der Waals surface area contributed by atoms with E-state index in [1.54, 1.807) is 23.7 Å². The monoisotopic (exact) mass is 413 g/mol. The smallest absolute Gasteiger partial charge is 0.319 e. The van der Waals surface area contributed by atoms with Crippen LogP contribution in [-0.2, 0) is 10.2 Å². The van der Waals surface area contributed by atoms with Gasteiger partial charge in [-0.15, -0.1) is 0 Å². The van der Waals surface area contributed by atoms with Gasteiger partial charge in [-0.3, -0.25) is 4.79 Å². The lowest BCUT2D eigenvalue weighted by Crippen LogP contribution is -2.44. The molecular weight excluding hydrogens is 378 g/mol. The van der Waals surface area contributed by atoms with Crippen molar-refractivity contribution in [2.24, 2.45) is 0 Å². The molecule has 0 saturated heterocycles. The summed E-state index contributed by atoms with van der Waals surface area (Å²) < 4.78 is 1.78. The van der Waals surface area contributed by atoms with Gasteiger partial charge in [0.1, 0.15) is 12.4 Å². The van der Waals surface area contributed by atoms with Crippen molar-refractivity contribution < 1.29 is 9.59 Å². The number of nitrogens with zero attached hydrogens (tertiary/aromatic N) is 4. The second kappa shape index (κ2) is 9.78. The van der Waals surface area contributed by atoms with Crippen LogP contribution in [0.1, 0.15) is 51.8 Å². The van der Waals surface area contributed by atoms with Gasteiger partial charge in [-0.25, -0.2) is 9.48 Å². The molecule has 1 heterocycles. The van der Waals surface area contributed by atoms with Gasteiger partial charge in [0.25, 0.3) is 0 Å². The highest BCUT2D eigenvalue weighted by Crippen LogP contribution is 2.27. The molecule has 2 aromatic rings. The normalized spacial score (nSPS) is 11.3. The zero-order chi connectivity index (χ0) is 22.5. The maximum absolute atomic E-state index is 12.9. The van der Waals surface area contributed by atoms with E-state index in [0.717, 1.165) is 29.8 Å². The molecule has 1 aromatic carbocycles. The molecule has 2 rings (SSSR count). The number of hydrogen-bond acceptors (Lipinski definition) is 3. The van der Waals surface area contributed by atoms with E-state index in [1.165, 1.54) is 4.90 Å². The summed E-state index contributed by atoms with van der Waals surface area (Å²) in [6.07, 6.45) is 1.80. The van der Waals surface area contributed by atoms with E-state index in [-0.39, 0.29) is 23.9 Å². The zero-order valence-corrected chi connectivity index (χ0v) is 19.3. The number of para-hydroxylation sites is 1. The van der Waals surface area contributed by atoms with Gasteiger partial charge < -0.3 is 15.1 Å². The molecule has 30 heavy (non-hydrogen) atoms. The molecule has 0 spiro atoms. The summed E-state index contributed by atoms with van der Waals surface area (Å²) in [6.45, 7) is 10.9. The highest BCUT2D eigenvalue weighted by molar-refractivity contribution is 5.94. The minimum atomic E-state index is -0.239. The van der Waals surface area contributed by atoms with E-state index in [2.05, 4.69) is 33.0 Å². The maximum atomic E-state index is 12.9. The van der Waals surface area contributed by atoms with Gasteiger partial charge in [0.15, 0.2) is 0 Å². The standard InChI is InChI=1S/C23H35N5O2/c1-8-9-14-27(22(30)26(6)7)16-21(29)24-20-15-19(23(3,4)5)25-28(20)18-13-11-10-12-17(18)2/h10-13,15H,8-9,14,16H2,1-7H3,(H,24,29). The molecule has 0 aliphatic heterocycles. The van der Waals surface area contributed by atoms with Crippen LogP contribution >= 0.6 is 0 Å². The second-order valence-electron chi connectivity index (χ2n) is 8.86. The summed E-state index contributed by atoms with van der Waals surface area (Å²) in [5.41, 5.74) is 2.69. The van der Waals surface area contributed by atoms with Crippen LogP contribution in [0.3, 0.4) is 0 Å². The van der Waals surface area contributed by atoms with Gasteiger partial charge in [0, 0.05) is 32.1 Å². The number of amides is 3. The summed E-state index contributed by atoms with van der Waals surface area (Å²) in [4.78, 5) is 28.4. The molecule has 0 saturated carbocycles. The Kier molecular flexibility index (Phi) is 7.65. The molecule has 1 aromatic heterocycles. The molecule has 0 atom stereocenters. The van der Waals surface area contributed by atoms with E-state index in [0.29, 0.717) is 12.4 Å². The molecule has 1 N–H and O–H groups in total. The van der Waals surface area contributed by atoms with Crippen LogP contribution in [0.4, 0.5) is 10.6 Å². The average Bonchev–Trinajstić information content (AvgIpc) is 3.08. The molecule has 0 aliphatic carbocycles. The minimum Gasteiger partial charge on any atom is -0.331 e. The fourth-order valence-corrected chi connectivity index (χ4v) is 3.05. The largest absolute Gasteiger partial charge is 0.331 e. The maximum Gasteiger partial charge on any atom is 0.319 e. The third-order valence-corrected chi connectivity index (χ3v) is 4.86. The lowest BCUT2D eigenvalue weighted by molar-refractivity contribution is -0.116. The topological polar surface area (TPSA) is 70.5 Å². The predicted octanol–water partition coefficient (Wildman–Crippen LogP) is 4.20. The van der Waals surface area contributed by atoms with Crippen LogP contribution in [0.15, 0.2) is 30.3 Å². The summed E-state index contributed by atoms with van der Waals surface area (Å²) in [5.74, 6) is 0.364. The summed E-state index contributed by atoms with van der Waals surface area (Å²) in [5, 5.41) is 7.75. The van der Waals surface area contributed by atoms with Crippen molar-refractivity contribution in [2.75, 3.05) is 32.5 Å². The van der Waals surface area contributed by atoms with Gasteiger partial charge in [0.05, 0.1) is 11.4 Å². The van der Waals surface area contributed by atoms with Crippen LogP contribution < -0.4 is 5.32 Å². The lowest BCUT2D eigenvalue weighted by Gasteiger charge is -2.25. The Hall–Kier alpha value is -2.83. The second-order valence-corrected chi connectivity index (χ2v) is 8.86. The quantitative estimate of drug-likeness (QED) is 0.739. The van der Waals surface area contributed by atoms with Crippen molar-refractivity contribution in [3.8, 4) is 5.69 Å². The van der Waals surface area contributed by atoms with Gasteiger partial charge in [-0.1, -0.05) is 52.3 Å². The third kappa shape index (κ3) is 5.84. The average molecular weight is 414 g/mol. The number of rotatable bonds is 7. The Bertz CT molecular complexity index is 880. The van der Waals surface area contributed by atoms with Gasteiger partial charge in [0.2, 0.25) is 5.91 Å². The third-order valence-electron chi connectivity index (χ3n) is 4.86. The van der Waals surface area contributed by atoms with E-state index < -0.39 is 0 Å². The number of carbonyl (C=O) groups excluding carboxylic acids is 2. The molecule has 3 amide bonds. The van der Waals surface area contributed by atoms with Crippen molar-refractivity contribution in [1.29, 1.82) is 0 Å². The van der Waals surface area contributed by atoms with Crippen LogP contribution in [0.5, 0.6) is 0 Å². The molecule has 0 unspecified atom stereocenters. The Morgan fingerprint density at radius 2 is 1.83 bits per heavy atom. The molecule has 7 heteroatoms. The summed E-state index contributed by atoms with van der Waals surface area (Å²) in [7, 11) is 3.39. The molecule has 0 aliphatic rings. The van der Waals surface area contributed by atoms with Crippen molar-refractivity contribution in [1.82, 2.24) is 19.6 Å². The molecule has 7 nitrogen and oxygen atoms in total. The van der Waals surface area contributed by atoms with Crippen LogP contribution in [0, 0.1) is 6.92 Å². The molecular formula is C23H35N5O2. The fraction of sp³-hybridized carbons (Fsp3) is 0.522. The van der Waals surface area contributed by atoms with E-state index in [9.17, 15) is 9.59 Å². The molecule has 0 bridgehead atoms. The van der Waals surface area contributed by atoms with Gasteiger partial charge in [-0.2, -0.15) is 5.10 Å². The van der Waals surface area contributed by atoms with Gasteiger partial charge >= 0.3 is 6.03 Å². The first-order valence-electron chi connectivity index (χ1n) is 10.5. The number of aryl methyl sites for hydroxylation is 1. The Morgan fingerprint density at radius 3 is 2.40 bits per heavy atom. The number of anilines is 1. The molecule has 164 valence electrons. The Balaban J connectivity index is 2.31. The van der Waals surface area contributed by atoms with E-state index >= 15 is 0 Å². The van der Waals surface area contributed by atoms with Crippen LogP contribution in [0.2, 0.25) is 0 Å². The number of hydrogen-bond donors (Lipinski definition) is 1. The van der Waals surface area contributed by atoms with Crippen LogP contribution in [0.25, 0.3) is 5.69 Å². The van der Waals surface area contributed by atoms with E-state index in [4.69, 9.17) is 5.10 Å². The first-order valence-corrected chi connectivity index (χ1v) is 10.5. The number of urea groups is 1. The first kappa shape index (κ1) is 23.4. The zero-order valence-electron chi connectivity index (χ0n) is 19.3. The Morgan fingerprint density at radius 1 is 1.17 bits per heavy atom. The number of unbranched alkanes of at least 4 members (excludes halogenated alkanes) is 1.